The number of benzene rings is 1. The summed E-state index contributed by atoms with van der Waals surface area (Å²) in [4.78, 5) is 18.6. The molecule has 4 rings (SSSR count). The molecule has 2 aromatic rings. The van der Waals surface area contributed by atoms with Crippen molar-refractivity contribution in [3.63, 3.8) is 0 Å². The van der Waals surface area contributed by atoms with Crippen LogP contribution in [0.2, 0.25) is 0 Å². The molecule has 5 heteroatoms. The lowest BCUT2D eigenvalue weighted by molar-refractivity contribution is 0.101. The van der Waals surface area contributed by atoms with Crippen LogP contribution in [0.15, 0.2) is 43.1 Å². The van der Waals surface area contributed by atoms with E-state index in [9.17, 15) is 4.79 Å². The van der Waals surface area contributed by atoms with Crippen LogP contribution in [-0.2, 0) is 0 Å². The Hall–Kier alpha value is -2.82. The third kappa shape index (κ3) is 2.65. The van der Waals surface area contributed by atoms with Crippen molar-refractivity contribution in [1.29, 1.82) is 0 Å². The molecule has 128 valence electrons. The highest BCUT2D eigenvalue weighted by Crippen LogP contribution is 2.39. The van der Waals surface area contributed by atoms with Gasteiger partial charge in [0.25, 0.3) is 5.91 Å². The van der Waals surface area contributed by atoms with Gasteiger partial charge in [-0.3, -0.25) is 14.7 Å². The number of fused-ring (bicyclic) bond motifs is 1. The van der Waals surface area contributed by atoms with E-state index in [0.29, 0.717) is 34.1 Å². The Morgan fingerprint density at radius 2 is 2.00 bits per heavy atom. The lowest BCUT2D eigenvalue weighted by atomic mass is 10.2. The van der Waals surface area contributed by atoms with Crippen LogP contribution in [0.4, 0.5) is 5.69 Å². The molecule has 0 radical (unpaired) electrons. The minimum atomic E-state index is -0.120. The van der Waals surface area contributed by atoms with Gasteiger partial charge in [-0.2, -0.15) is 0 Å². The average molecular weight is 336 g/mol. The molecular weight excluding hydrogens is 316 g/mol. The Labute approximate surface area is 146 Å². The third-order valence-corrected chi connectivity index (χ3v) is 4.79. The number of hydrogen-bond donors (Lipinski definition) is 0. The number of rotatable bonds is 4. The molecule has 1 amide bonds. The molecule has 1 saturated carbocycles. The molecule has 0 bridgehead atoms. The van der Waals surface area contributed by atoms with Crippen LogP contribution in [-0.4, -0.2) is 24.1 Å². The zero-order chi connectivity index (χ0) is 17.4. The monoisotopic (exact) mass is 336 g/mol. The zero-order valence-corrected chi connectivity index (χ0v) is 14.2. The number of ether oxygens (including phenoxy) is 2. The van der Waals surface area contributed by atoms with Crippen LogP contribution < -0.4 is 14.4 Å². The largest absolute Gasteiger partial charge is 0.493 e. The van der Waals surface area contributed by atoms with Gasteiger partial charge in [0.1, 0.15) is 0 Å². The van der Waals surface area contributed by atoms with E-state index in [1.54, 1.807) is 30.3 Å². The van der Waals surface area contributed by atoms with Crippen LogP contribution in [0.3, 0.4) is 0 Å². The maximum atomic E-state index is 12.8. The molecular formula is C20H20N2O3. The Bertz CT molecular complexity index is 806. The van der Waals surface area contributed by atoms with Gasteiger partial charge in [0.2, 0.25) is 0 Å². The van der Waals surface area contributed by atoms with E-state index in [4.69, 9.17) is 9.47 Å². The number of carbonyl (C=O) groups excluding carboxylic acids is 1. The van der Waals surface area contributed by atoms with Crippen LogP contribution in [0.5, 0.6) is 11.5 Å². The van der Waals surface area contributed by atoms with Gasteiger partial charge in [-0.15, -0.1) is 0 Å². The molecule has 25 heavy (non-hydrogen) atoms. The second kappa shape index (κ2) is 6.24. The fraction of sp³-hybridized carbons (Fsp3) is 0.300. The van der Waals surface area contributed by atoms with Crippen LogP contribution in [0.1, 0.15) is 41.7 Å². The number of anilines is 1. The second-order valence-corrected chi connectivity index (χ2v) is 6.35. The molecule has 0 N–H and O–H groups in total. The van der Waals surface area contributed by atoms with Crippen molar-refractivity contribution in [2.75, 3.05) is 12.0 Å². The number of hydrogen-bond acceptors (Lipinski definition) is 4. The van der Waals surface area contributed by atoms with E-state index >= 15 is 0 Å². The Kier molecular flexibility index (Phi) is 3.92. The molecule has 1 aliphatic carbocycles. The first-order chi connectivity index (χ1) is 12.2. The fourth-order valence-electron chi connectivity index (χ4n) is 3.51. The topological polar surface area (TPSA) is 51.7 Å². The van der Waals surface area contributed by atoms with Crippen molar-refractivity contribution in [2.45, 2.75) is 31.8 Å². The summed E-state index contributed by atoms with van der Waals surface area (Å²) in [7, 11) is 1.62. The predicted octanol–water partition coefficient (Wildman–Crippen LogP) is 4.04. The van der Waals surface area contributed by atoms with Gasteiger partial charge in [-0.1, -0.05) is 6.58 Å². The number of methoxy groups -OCH3 is 1. The summed E-state index contributed by atoms with van der Waals surface area (Å²) in [6, 6.07) is 9.06. The highest BCUT2D eigenvalue weighted by Gasteiger charge is 2.33. The van der Waals surface area contributed by atoms with Gasteiger partial charge in [0.15, 0.2) is 11.5 Å². The summed E-state index contributed by atoms with van der Waals surface area (Å²) < 4.78 is 11.6. The van der Waals surface area contributed by atoms with Crippen molar-refractivity contribution < 1.29 is 14.3 Å². The SMILES string of the molecule is C=C1c2ncccc2C(=O)N1c1ccc(OC)c(OC2CCCC2)c1. The normalized spacial score (nSPS) is 17.1. The molecule has 0 spiro atoms. The molecule has 2 heterocycles. The van der Waals surface area contributed by atoms with Gasteiger partial charge >= 0.3 is 0 Å². The number of amides is 1. The second-order valence-electron chi connectivity index (χ2n) is 6.35. The van der Waals surface area contributed by atoms with Crippen LogP contribution >= 0.6 is 0 Å². The van der Waals surface area contributed by atoms with Crippen LogP contribution in [0, 0.1) is 0 Å². The Balaban J connectivity index is 1.69. The number of carbonyl (C=O) groups is 1. The van der Waals surface area contributed by atoms with E-state index in [0.717, 1.165) is 12.8 Å². The highest BCUT2D eigenvalue weighted by molar-refractivity contribution is 6.21. The molecule has 1 aliphatic heterocycles. The van der Waals surface area contributed by atoms with E-state index in [1.165, 1.54) is 12.8 Å². The average Bonchev–Trinajstić information content (AvgIpc) is 3.23. The van der Waals surface area contributed by atoms with E-state index in [2.05, 4.69) is 11.6 Å². The molecule has 0 saturated heterocycles. The van der Waals surface area contributed by atoms with Crippen molar-refractivity contribution >= 4 is 17.3 Å². The number of pyridine rings is 1. The summed E-state index contributed by atoms with van der Waals surface area (Å²) in [6.07, 6.45) is 6.37. The van der Waals surface area contributed by atoms with Crippen molar-refractivity contribution in [3.8, 4) is 11.5 Å². The molecule has 2 aliphatic rings. The summed E-state index contributed by atoms with van der Waals surface area (Å²) in [5.41, 5.74) is 2.49. The fourth-order valence-corrected chi connectivity index (χ4v) is 3.51. The first-order valence-corrected chi connectivity index (χ1v) is 8.52. The van der Waals surface area contributed by atoms with Crippen molar-refractivity contribution in [1.82, 2.24) is 4.98 Å². The number of aromatic nitrogens is 1. The lowest BCUT2D eigenvalue weighted by Crippen LogP contribution is -2.22. The standard InChI is InChI=1S/C20H20N2O3/c1-13-19-16(8-5-11-21-19)20(23)22(13)14-9-10-17(24-2)18(12-14)25-15-6-3-4-7-15/h5,8-12,15H,1,3-4,6-7H2,2H3. The summed E-state index contributed by atoms with van der Waals surface area (Å²) in [5, 5.41) is 0. The highest BCUT2D eigenvalue weighted by atomic mass is 16.5. The zero-order valence-electron chi connectivity index (χ0n) is 14.2. The molecule has 1 aromatic heterocycles. The molecule has 1 fully saturated rings. The minimum Gasteiger partial charge on any atom is -0.493 e. The summed E-state index contributed by atoms with van der Waals surface area (Å²) in [5.74, 6) is 1.21. The smallest absolute Gasteiger partial charge is 0.265 e. The summed E-state index contributed by atoms with van der Waals surface area (Å²) >= 11 is 0. The van der Waals surface area contributed by atoms with Crippen molar-refractivity contribution in [3.05, 3.63) is 54.4 Å². The van der Waals surface area contributed by atoms with Gasteiger partial charge in [0, 0.05) is 12.3 Å². The van der Waals surface area contributed by atoms with Gasteiger partial charge in [-0.25, -0.2) is 0 Å². The first kappa shape index (κ1) is 15.7. The molecule has 0 atom stereocenters. The van der Waals surface area contributed by atoms with Gasteiger partial charge in [-0.05, 0) is 49.9 Å². The quantitative estimate of drug-likeness (QED) is 0.845. The Morgan fingerprint density at radius 3 is 2.72 bits per heavy atom. The summed E-state index contributed by atoms with van der Waals surface area (Å²) in [6.45, 7) is 4.05. The molecule has 5 nitrogen and oxygen atoms in total. The lowest BCUT2D eigenvalue weighted by Gasteiger charge is -2.21. The van der Waals surface area contributed by atoms with Crippen molar-refractivity contribution in [2.24, 2.45) is 0 Å². The molecule has 1 aromatic carbocycles. The minimum absolute atomic E-state index is 0.120. The predicted molar refractivity (Wildman–Crippen MR) is 96.0 cm³/mol. The van der Waals surface area contributed by atoms with E-state index in [1.807, 2.05) is 18.2 Å². The Morgan fingerprint density at radius 1 is 1.20 bits per heavy atom. The molecule has 0 unspecified atom stereocenters. The third-order valence-electron chi connectivity index (χ3n) is 4.79. The number of nitrogens with zero attached hydrogens (tertiary/aromatic N) is 2. The first-order valence-electron chi connectivity index (χ1n) is 8.52. The van der Waals surface area contributed by atoms with Gasteiger partial charge < -0.3 is 9.47 Å². The van der Waals surface area contributed by atoms with E-state index < -0.39 is 0 Å². The maximum absolute atomic E-state index is 12.8. The van der Waals surface area contributed by atoms with Crippen LogP contribution in [0.25, 0.3) is 5.70 Å². The maximum Gasteiger partial charge on any atom is 0.265 e. The van der Waals surface area contributed by atoms with E-state index in [-0.39, 0.29) is 12.0 Å². The van der Waals surface area contributed by atoms with Gasteiger partial charge in [0.05, 0.1) is 35.9 Å².